The van der Waals surface area contributed by atoms with E-state index in [1.807, 2.05) is 0 Å². The summed E-state index contributed by atoms with van der Waals surface area (Å²) in [5.41, 5.74) is 0.737. The van der Waals surface area contributed by atoms with Gasteiger partial charge in [0.1, 0.15) is 11.7 Å². The number of hydrogen-bond acceptors (Lipinski definition) is 3. The Kier molecular flexibility index (Phi) is 4.57. The minimum absolute atomic E-state index is 0.0344. The molecular weight excluding hydrogens is 277 g/mol. The molecule has 21 heavy (non-hydrogen) atoms. The summed E-state index contributed by atoms with van der Waals surface area (Å²) in [5.74, 6) is -2.88. The number of carboxylic acid groups (broad SMARTS) is 1. The van der Waals surface area contributed by atoms with Crippen LogP contribution in [-0.4, -0.2) is 47.7 Å². The van der Waals surface area contributed by atoms with Crippen molar-refractivity contribution in [2.75, 3.05) is 19.8 Å². The quantitative estimate of drug-likeness (QED) is 0.918. The van der Waals surface area contributed by atoms with Gasteiger partial charge in [-0.15, -0.1) is 0 Å². The van der Waals surface area contributed by atoms with E-state index in [0.29, 0.717) is 6.54 Å². The number of carboxylic acids is 1. The Morgan fingerprint density at radius 2 is 2.14 bits per heavy atom. The summed E-state index contributed by atoms with van der Waals surface area (Å²) in [6.45, 7) is 4.03. The van der Waals surface area contributed by atoms with Crippen molar-refractivity contribution in [3.63, 3.8) is 0 Å². The number of aryl methyl sites for hydroxylation is 1. The van der Waals surface area contributed by atoms with Crippen LogP contribution in [0.15, 0.2) is 18.2 Å². The number of benzene rings is 1. The molecule has 0 saturated carbocycles. The second-order valence-electron chi connectivity index (χ2n) is 5.12. The maximum Gasteiger partial charge on any atom is 0.311 e. The molecule has 0 spiro atoms. The zero-order valence-corrected chi connectivity index (χ0v) is 12.0. The molecule has 5 nitrogen and oxygen atoms in total. The Bertz CT molecular complexity index is 561. The van der Waals surface area contributed by atoms with Crippen molar-refractivity contribution in [2.45, 2.75) is 19.9 Å². The van der Waals surface area contributed by atoms with Crippen molar-refractivity contribution in [1.29, 1.82) is 0 Å². The van der Waals surface area contributed by atoms with E-state index >= 15 is 0 Å². The lowest BCUT2D eigenvalue weighted by atomic mass is 10.0. The van der Waals surface area contributed by atoms with E-state index in [4.69, 9.17) is 4.74 Å². The van der Waals surface area contributed by atoms with Gasteiger partial charge >= 0.3 is 5.97 Å². The first-order valence-corrected chi connectivity index (χ1v) is 6.83. The highest BCUT2D eigenvalue weighted by Crippen LogP contribution is 2.23. The van der Waals surface area contributed by atoms with Crippen molar-refractivity contribution < 1.29 is 23.8 Å². The Morgan fingerprint density at radius 3 is 2.76 bits per heavy atom. The highest BCUT2D eigenvalue weighted by molar-refractivity contribution is 5.95. The van der Waals surface area contributed by atoms with E-state index < -0.39 is 29.7 Å². The first-order chi connectivity index (χ1) is 9.95. The molecule has 1 N–H and O–H groups in total. The van der Waals surface area contributed by atoms with E-state index in [2.05, 4.69) is 0 Å². The molecule has 0 radical (unpaired) electrons. The third-order valence-corrected chi connectivity index (χ3v) is 3.72. The van der Waals surface area contributed by atoms with Gasteiger partial charge in [0.2, 0.25) is 0 Å². The van der Waals surface area contributed by atoms with Gasteiger partial charge in [-0.1, -0.05) is 11.6 Å². The summed E-state index contributed by atoms with van der Waals surface area (Å²) in [6.07, 6.45) is 0. The van der Waals surface area contributed by atoms with Crippen LogP contribution in [-0.2, 0) is 9.53 Å². The number of carbonyl (C=O) groups is 2. The predicted octanol–water partition coefficient (Wildman–Crippen LogP) is 1.70. The Hall–Kier alpha value is -1.95. The average molecular weight is 295 g/mol. The van der Waals surface area contributed by atoms with Crippen LogP contribution in [0.25, 0.3) is 0 Å². The minimum atomic E-state index is -1.01. The highest BCUT2D eigenvalue weighted by Gasteiger charge is 2.40. The lowest BCUT2D eigenvalue weighted by molar-refractivity contribution is -0.142. The van der Waals surface area contributed by atoms with Crippen LogP contribution in [0.2, 0.25) is 0 Å². The Balaban J connectivity index is 2.30. The minimum Gasteiger partial charge on any atom is -0.481 e. The van der Waals surface area contributed by atoms with Gasteiger partial charge in [0.05, 0.1) is 24.8 Å². The Morgan fingerprint density at radius 1 is 1.43 bits per heavy atom. The standard InChI is InChI=1S/C15H18FNO4/c1-3-17(13-8-21-7-11(13)15(19)20)14(18)10-6-9(2)4-5-12(10)16/h4-6,11,13H,3,7-8H2,1-2H3,(H,19,20). The number of aliphatic carboxylic acids is 1. The Labute approximate surface area is 122 Å². The molecule has 2 atom stereocenters. The fourth-order valence-corrected chi connectivity index (χ4v) is 2.57. The molecular formula is C15H18FNO4. The highest BCUT2D eigenvalue weighted by atomic mass is 19.1. The van der Waals surface area contributed by atoms with Crippen molar-refractivity contribution in [3.8, 4) is 0 Å². The van der Waals surface area contributed by atoms with Crippen molar-refractivity contribution in [2.24, 2.45) is 5.92 Å². The van der Waals surface area contributed by atoms with Crippen LogP contribution < -0.4 is 0 Å². The van der Waals surface area contributed by atoms with Crippen LogP contribution in [0.4, 0.5) is 4.39 Å². The number of nitrogens with zero attached hydrogens (tertiary/aromatic N) is 1. The first kappa shape index (κ1) is 15.4. The number of likely N-dealkylation sites (N-methyl/N-ethyl adjacent to an activating group) is 1. The van der Waals surface area contributed by atoms with Crippen molar-refractivity contribution >= 4 is 11.9 Å². The van der Waals surface area contributed by atoms with Crippen LogP contribution in [0, 0.1) is 18.7 Å². The van der Waals surface area contributed by atoms with Gasteiger partial charge in [-0.05, 0) is 26.0 Å². The molecule has 1 aliphatic rings. The van der Waals surface area contributed by atoms with Crippen LogP contribution >= 0.6 is 0 Å². The molecule has 2 rings (SSSR count). The summed E-state index contributed by atoms with van der Waals surface area (Å²) in [4.78, 5) is 25.1. The fraction of sp³-hybridized carbons (Fsp3) is 0.467. The molecule has 0 bridgehead atoms. The molecule has 0 aliphatic carbocycles. The average Bonchev–Trinajstić information content (AvgIpc) is 2.91. The maximum absolute atomic E-state index is 13.9. The molecule has 1 aliphatic heterocycles. The largest absolute Gasteiger partial charge is 0.481 e. The van der Waals surface area contributed by atoms with Crippen molar-refractivity contribution in [3.05, 3.63) is 35.1 Å². The smallest absolute Gasteiger partial charge is 0.311 e. The monoisotopic (exact) mass is 295 g/mol. The number of ether oxygens (including phenoxy) is 1. The first-order valence-electron chi connectivity index (χ1n) is 6.83. The second-order valence-corrected chi connectivity index (χ2v) is 5.12. The molecule has 1 aromatic carbocycles. The molecule has 1 saturated heterocycles. The van der Waals surface area contributed by atoms with E-state index in [-0.39, 0.29) is 18.8 Å². The zero-order chi connectivity index (χ0) is 15.6. The predicted molar refractivity (Wildman–Crippen MR) is 73.6 cm³/mol. The molecule has 1 fully saturated rings. The topological polar surface area (TPSA) is 66.8 Å². The number of halogens is 1. The lowest BCUT2D eigenvalue weighted by Crippen LogP contribution is -2.46. The van der Waals surface area contributed by atoms with E-state index in [1.165, 1.54) is 17.0 Å². The van der Waals surface area contributed by atoms with Gasteiger partial charge in [-0.25, -0.2) is 4.39 Å². The van der Waals surface area contributed by atoms with Crippen LogP contribution in [0.1, 0.15) is 22.8 Å². The molecule has 1 aromatic rings. The summed E-state index contributed by atoms with van der Waals surface area (Å²) >= 11 is 0. The van der Waals surface area contributed by atoms with E-state index in [0.717, 1.165) is 5.56 Å². The third kappa shape index (κ3) is 3.05. The summed E-state index contributed by atoms with van der Waals surface area (Å²) in [7, 11) is 0. The summed E-state index contributed by atoms with van der Waals surface area (Å²) in [5, 5.41) is 9.19. The van der Waals surface area contributed by atoms with Gasteiger partial charge in [0.25, 0.3) is 5.91 Å². The van der Waals surface area contributed by atoms with E-state index in [1.54, 1.807) is 19.9 Å². The summed E-state index contributed by atoms with van der Waals surface area (Å²) in [6, 6.07) is 3.74. The summed E-state index contributed by atoms with van der Waals surface area (Å²) < 4.78 is 19.0. The van der Waals surface area contributed by atoms with Gasteiger partial charge in [0.15, 0.2) is 0 Å². The second kappa shape index (κ2) is 6.22. The third-order valence-electron chi connectivity index (χ3n) is 3.72. The normalized spacial score (nSPS) is 21.3. The number of hydrogen-bond donors (Lipinski definition) is 1. The lowest BCUT2D eigenvalue weighted by Gasteiger charge is -2.29. The fourth-order valence-electron chi connectivity index (χ4n) is 2.57. The number of rotatable bonds is 4. The SMILES string of the molecule is CCN(C(=O)c1cc(C)ccc1F)C1COCC1C(=O)O. The number of amides is 1. The zero-order valence-electron chi connectivity index (χ0n) is 12.0. The maximum atomic E-state index is 13.9. The van der Waals surface area contributed by atoms with Gasteiger partial charge in [-0.2, -0.15) is 0 Å². The van der Waals surface area contributed by atoms with Crippen molar-refractivity contribution in [1.82, 2.24) is 4.90 Å². The van der Waals surface area contributed by atoms with Gasteiger partial charge in [-0.3, -0.25) is 9.59 Å². The van der Waals surface area contributed by atoms with Gasteiger partial charge < -0.3 is 14.7 Å². The molecule has 1 amide bonds. The molecule has 0 aromatic heterocycles. The molecule has 1 heterocycles. The number of carbonyl (C=O) groups excluding carboxylic acids is 1. The van der Waals surface area contributed by atoms with Gasteiger partial charge in [0, 0.05) is 6.54 Å². The molecule has 2 unspecified atom stereocenters. The molecule has 114 valence electrons. The van der Waals surface area contributed by atoms with Crippen LogP contribution in [0.5, 0.6) is 0 Å². The van der Waals surface area contributed by atoms with E-state index in [9.17, 15) is 19.1 Å². The molecule has 6 heteroatoms. The van der Waals surface area contributed by atoms with Crippen LogP contribution in [0.3, 0.4) is 0 Å².